The molecule has 1 aromatic rings. The Bertz CT molecular complexity index is 518. The Balaban J connectivity index is 2.62. The second-order valence-corrected chi connectivity index (χ2v) is 4.69. The number of nitrogens with one attached hydrogen (secondary N) is 1. The van der Waals surface area contributed by atoms with Crippen molar-refractivity contribution in [2.24, 2.45) is 0 Å². The number of benzene rings is 1. The Morgan fingerprint density at radius 1 is 1.27 bits per heavy atom. The predicted octanol–water partition coefficient (Wildman–Crippen LogP) is 0.503. The van der Waals surface area contributed by atoms with E-state index in [0.29, 0.717) is 5.75 Å². The van der Waals surface area contributed by atoms with E-state index in [1.165, 1.54) is 18.7 Å². The minimum atomic E-state index is -1.11. The van der Waals surface area contributed by atoms with Crippen LogP contribution in [0.3, 0.4) is 0 Å². The van der Waals surface area contributed by atoms with Gasteiger partial charge in [-0.15, -0.1) is 0 Å². The Hall–Kier alpha value is -2.57. The van der Waals surface area contributed by atoms with Crippen LogP contribution in [-0.4, -0.2) is 53.5 Å². The number of aliphatic carboxylic acids is 1. The van der Waals surface area contributed by atoms with Crippen molar-refractivity contribution in [1.82, 2.24) is 10.2 Å². The van der Waals surface area contributed by atoms with Gasteiger partial charge in [0.15, 0.2) is 6.61 Å². The molecule has 1 unspecified atom stereocenters. The molecule has 0 spiro atoms. The van der Waals surface area contributed by atoms with Crippen molar-refractivity contribution in [3.63, 3.8) is 0 Å². The third-order valence-corrected chi connectivity index (χ3v) is 2.98. The first kappa shape index (κ1) is 17.5. The monoisotopic (exact) mass is 308 g/mol. The van der Waals surface area contributed by atoms with Crippen LogP contribution in [-0.2, 0) is 14.4 Å². The van der Waals surface area contributed by atoms with E-state index in [4.69, 9.17) is 9.84 Å². The first-order valence-electron chi connectivity index (χ1n) is 6.86. The number of para-hydroxylation sites is 1. The summed E-state index contributed by atoms with van der Waals surface area (Å²) in [4.78, 5) is 35.3. The lowest BCUT2D eigenvalue weighted by Crippen LogP contribution is -2.48. The summed E-state index contributed by atoms with van der Waals surface area (Å²) in [7, 11) is 0. The summed E-state index contributed by atoms with van der Waals surface area (Å²) in [6.07, 6.45) is 0. The van der Waals surface area contributed by atoms with Crippen molar-refractivity contribution in [3.8, 4) is 5.75 Å². The molecule has 0 aromatic heterocycles. The molecule has 120 valence electrons. The fourth-order valence-electron chi connectivity index (χ4n) is 1.76. The summed E-state index contributed by atoms with van der Waals surface area (Å²) in [5, 5.41) is 11.6. The van der Waals surface area contributed by atoms with E-state index in [1.54, 1.807) is 24.3 Å². The molecule has 7 nitrogen and oxygen atoms in total. The molecule has 0 bridgehead atoms. The van der Waals surface area contributed by atoms with Crippen LogP contribution in [0.25, 0.3) is 0 Å². The van der Waals surface area contributed by atoms with Crippen LogP contribution < -0.4 is 10.1 Å². The van der Waals surface area contributed by atoms with E-state index in [-0.39, 0.29) is 25.6 Å². The number of nitrogens with zero attached hydrogens (tertiary/aromatic N) is 1. The Morgan fingerprint density at radius 3 is 2.45 bits per heavy atom. The molecule has 0 aliphatic carbocycles. The molecule has 1 aromatic carbocycles. The van der Waals surface area contributed by atoms with Gasteiger partial charge in [0.25, 0.3) is 5.91 Å². The third kappa shape index (κ3) is 5.82. The zero-order valence-corrected chi connectivity index (χ0v) is 12.6. The average Bonchev–Trinajstić information content (AvgIpc) is 2.49. The highest BCUT2D eigenvalue weighted by Gasteiger charge is 2.25. The van der Waals surface area contributed by atoms with E-state index in [1.807, 2.05) is 6.07 Å². The lowest BCUT2D eigenvalue weighted by Gasteiger charge is -2.26. The lowest BCUT2D eigenvalue weighted by atomic mass is 10.2. The summed E-state index contributed by atoms with van der Waals surface area (Å²) in [5.41, 5.74) is 0. The van der Waals surface area contributed by atoms with Crippen molar-refractivity contribution in [2.75, 3.05) is 19.7 Å². The lowest BCUT2D eigenvalue weighted by molar-refractivity contribution is -0.150. The molecule has 2 amide bonds. The molecule has 0 fully saturated rings. The van der Waals surface area contributed by atoms with E-state index >= 15 is 0 Å². The first-order valence-corrected chi connectivity index (χ1v) is 6.86. The minimum absolute atomic E-state index is 0.101. The molecule has 22 heavy (non-hydrogen) atoms. The maximum Gasteiger partial charge on any atom is 0.326 e. The molecule has 0 saturated heterocycles. The van der Waals surface area contributed by atoms with Crippen LogP contribution in [0.15, 0.2) is 30.3 Å². The second kappa shape index (κ2) is 8.66. The zero-order valence-electron chi connectivity index (χ0n) is 12.6. The van der Waals surface area contributed by atoms with Crippen molar-refractivity contribution in [2.45, 2.75) is 19.9 Å². The molecule has 0 heterocycles. The van der Waals surface area contributed by atoms with Crippen LogP contribution in [0, 0.1) is 0 Å². The normalized spacial score (nSPS) is 11.4. The van der Waals surface area contributed by atoms with Gasteiger partial charge in [0.05, 0.1) is 0 Å². The van der Waals surface area contributed by atoms with Gasteiger partial charge in [-0.25, -0.2) is 4.79 Å². The number of amides is 2. The van der Waals surface area contributed by atoms with Gasteiger partial charge in [0.1, 0.15) is 11.8 Å². The summed E-state index contributed by atoms with van der Waals surface area (Å²) < 4.78 is 5.33. The van der Waals surface area contributed by atoms with Gasteiger partial charge < -0.3 is 20.1 Å². The third-order valence-electron chi connectivity index (χ3n) is 2.98. The highest BCUT2D eigenvalue weighted by molar-refractivity contribution is 5.84. The number of rotatable bonds is 8. The number of hydrogen-bond donors (Lipinski definition) is 2. The number of carbonyl (C=O) groups excluding carboxylic acids is 2. The van der Waals surface area contributed by atoms with E-state index < -0.39 is 17.9 Å². The predicted molar refractivity (Wildman–Crippen MR) is 79.4 cm³/mol. The van der Waals surface area contributed by atoms with Crippen molar-refractivity contribution in [3.05, 3.63) is 30.3 Å². The zero-order chi connectivity index (χ0) is 16.5. The van der Waals surface area contributed by atoms with Crippen LogP contribution in [0.1, 0.15) is 13.8 Å². The topological polar surface area (TPSA) is 95.9 Å². The molecule has 0 aliphatic rings. The summed E-state index contributed by atoms with van der Waals surface area (Å²) in [6.45, 7) is 2.79. The number of hydrogen-bond acceptors (Lipinski definition) is 4. The van der Waals surface area contributed by atoms with E-state index in [0.717, 1.165) is 0 Å². The smallest absolute Gasteiger partial charge is 0.326 e. The average molecular weight is 308 g/mol. The van der Waals surface area contributed by atoms with Crippen LogP contribution in [0.4, 0.5) is 0 Å². The maximum absolute atomic E-state index is 12.2. The summed E-state index contributed by atoms with van der Waals surface area (Å²) >= 11 is 0. The highest BCUT2D eigenvalue weighted by atomic mass is 16.5. The quantitative estimate of drug-likeness (QED) is 0.729. The van der Waals surface area contributed by atoms with Gasteiger partial charge in [-0.1, -0.05) is 18.2 Å². The first-order chi connectivity index (χ1) is 10.4. The molecule has 2 N–H and O–H groups in total. The van der Waals surface area contributed by atoms with Crippen molar-refractivity contribution >= 4 is 17.8 Å². The molecule has 1 atom stereocenters. The maximum atomic E-state index is 12.2. The molecular formula is C15H20N2O5. The van der Waals surface area contributed by atoms with Gasteiger partial charge in [0.2, 0.25) is 5.91 Å². The second-order valence-electron chi connectivity index (χ2n) is 4.69. The largest absolute Gasteiger partial charge is 0.484 e. The van der Waals surface area contributed by atoms with E-state index in [2.05, 4.69) is 5.32 Å². The van der Waals surface area contributed by atoms with Gasteiger partial charge in [-0.2, -0.15) is 0 Å². The van der Waals surface area contributed by atoms with E-state index in [9.17, 15) is 14.4 Å². The Morgan fingerprint density at radius 2 is 1.91 bits per heavy atom. The van der Waals surface area contributed by atoms with Crippen molar-refractivity contribution < 1.29 is 24.2 Å². The van der Waals surface area contributed by atoms with Crippen LogP contribution in [0.2, 0.25) is 0 Å². The Labute approximate surface area is 128 Å². The summed E-state index contributed by atoms with van der Waals surface area (Å²) in [6, 6.07) is 7.77. The molecular weight excluding hydrogens is 288 g/mol. The highest BCUT2D eigenvalue weighted by Crippen LogP contribution is 2.09. The fraction of sp³-hybridized carbons (Fsp3) is 0.400. The number of carbonyl (C=O) groups is 3. The van der Waals surface area contributed by atoms with Crippen LogP contribution >= 0.6 is 0 Å². The van der Waals surface area contributed by atoms with Gasteiger partial charge in [-0.05, 0) is 19.1 Å². The Kier molecular flexibility index (Phi) is 6.88. The number of carboxylic acid groups (broad SMARTS) is 1. The number of carboxylic acids is 1. The number of ether oxygens (including phenoxy) is 1. The summed E-state index contributed by atoms with van der Waals surface area (Å²) in [5.74, 6) is -1.28. The van der Waals surface area contributed by atoms with Crippen LogP contribution in [0.5, 0.6) is 5.75 Å². The minimum Gasteiger partial charge on any atom is -0.484 e. The molecule has 7 heteroatoms. The molecule has 0 radical (unpaired) electrons. The van der Waals surface area contributed by atoms with Gasteiger partial charge >= 0.3 is 5.97 Å². The van der Waals surface area contributed by atoms with Crippen molar-refractivity contribution in [1.29, 1.82) is 0 Å². The molecule has 0 aliphatic heterocycles. The molecule has 1 rings (SSSR count). The fourth-order valence-corrected chi connectivity index (χ4v) is 1.76. The van der Waals surface area contributed by atoms with Gasteiger partial charge in [-0.3, -0.25) is 9.59 Å². The SMILES string of the molecule is CC(=O)NCCN(C(=O)COc1ccccc1)C(C)C(=O)O. The standard InChI is InChI=1S/C15H20N2O5/c1-11(15(20)21)17(9-8-16-12(2)18)14(19)10-22-13-6-4-3-5-7-13/h3-7,11H,8-10H2,1-2H3,(H,16,18)(H,20,21). The molecule has 0 saturated carbocycles. The van der Waals surface area contributed by atoms with Gasteiger partial charge in [0, 0.05) is 20.0 Å².